The highest BCUT2D eigenvalue weighted by molar-refractivity contribution is 7.91. The molecule has 1 unspecified atom stereocenters. The van der Waals surface area contributed by atoms with Crippen LogP contribution in [-0.4, -0.2) is 50.5 Å². The summed E-state index contributed by atoms with van der Waals surface area (Å²) in [5.74, 6) is 1.19. The molecular weight excluding hydrogens is 390 g/mol. The molecule has 1 aliphatic rings. The smallest absolute Gasteiger partial charge is 0.261 e. The molecule has 7 heteroatoms. The van der Waals surface area contributed by atoms with Crippen LogP contribution in [0.5, 0.6) is 11.5 Å². The number of hydrogen-bond acceptors (Lipinski definition) is 5. The third-order valence-electron chi connectivity index (χ3n) is 5.15. The number of benzene rings is 2. The van der Waals surface area contributed by atoms with Gasteiger partial charge in [0.2, 0.25) is 0 Å². The van der Waals surface area contributed by atoms with Crippen molar-refractivity contribution in [2.24, 2.45) is 0 Å². The molecule has 0 saturated carbocycles. The van der Waals surface area contributed by atoms with E-state index in [1.165, 1.54) is 5.56 Å². The van der Waals surface area contributed by atoms with Crippen LogP contribution in [0.3, 0.4) is 0 Å². The average molecular weight is 418 g/mol. The van der Waals surface area contributed by atoms with E-state index < -0.39 is 9.84 Å². The normalized spacial score (nSPS) is 17.7. The Hall–Kier alpha value is -2.54. The van der Waals surface area contributed by atoms with Crippen LogP contribution in [0, 0.1) is 0 Å². The lowest BCUT2D eigenvalue weighted by Gasteiger charge is -2.28. The number of amides is 1. The summed E-state index contributed by atoms with van der Waals surface area (Å²) in [6.07, 6.45) is 1.38. The molecule has 0 spiro atoms. The zero-order valence-corrected chi connectivity index (χ0v) is 17.7. The van der Waals surface area contributed by atoms with E-state index in [4.69, 9.17) is 9.47 Å². The largest absolute Gasteiger partial charge is 0.497 e. The predicted molar refractivity (Wildman–Crippen MR) is 112 cm³/mol. The molecule has 1 amide bonds. The average Bonchev–Trinajstić information content (AvgIpc) is 3.10. The van der Waals surface area contributed by atoms with Crippen molar-refractivity contribution < 1.29 is 22.7 Å². The van der Waals surface area contributed by atoms with Gasteiger partial charge in [-0.3, -0.25) is 4.79 Å². The molecule has 0 aromatic heterocycles. The van der Waals surface area contributed by atoms with Crippen molar-refractivity contribution in [2.75, 3.05) is 25.2 Å². The third-order valence-corrected chi connectivity index (χ3v) is 6.90. The summed E-state index contributed by atoms with van der Waals surface area (Å²) in [6.45, 7) is 2.26. The van der Waals surface area contributed by atoms with Crippen LogP contribution in [-0.2, 0) is 27.6 Å². The quantitative estimate of drug-likeness (QED) is 0.660. The molecule has 1 saturated heterocycles. The summed E-state index contributed by atoms with van der Waals surface area (Å²) in [5.41, 5.74) is 2.08. The molecule has 6 nitrogen and oxygen atoms in total. The van der Waals surface area contributed by atoms with Gasteiger partial charge in [0.15, 0.2) is 16.4 Å². The van der Waals surface area contributed by atoms with Gasteiger partial charge in [0.1, 0.15) is 11.5 Å². The minimum atomic E-state index is -3.11. The highest BCUT2D eigenvalue weighted by Gasteiger charge is 2.34. The van der Waals surface area contributed by atoms with Crippen molar-refractivity contribution in [3.8, 4) is 11.5 Å². The first-order valence-corrected chi connectivity index (χ1v) is 11.6. The number of sulfone groups is 1. The molecule has 0 N–H and O–H groups in total. The Bertz CT molecular complexity index is 940. The van der Waals surface area contributed by atoms with Gasteiger partial charge in [0, 0.05) is 12.6 Å². The molecule has 1 heterocycles. The SMILES string of the molecule is CCc1ccc(OCC(=O)N(Cc2cccc(OC)c2)C2CCS(=O)(=O)C2)cc1. The highest BCUT2D eigenvalue weighted by Crippen LogP contribution is 2.22. The number of nitrogens with zero attached hydrogens (tertiary/aromatic N) is 1. The fraction of sp³-hybridized carbons (Fsp3) is 0.409. The van der Waals surface area contributed by atoms with Crippen LogP contribution >= 0.6 is 0 Å². The number of aryl methyl sites for hydroxylation is 1. The van der Waals surface area contributed by atoms with Gasteiger partial charge in [-0.15, -0.1) is 0 Å². The zero-order valence-electron chi connectivity index (χ0n) is 16.8. The highest BCUT2D eigenvalue weighted by atomic mass is 32.2. The fourth-order valence-electron chi connectivity index (χ4n) is 3.46. The van der Waals surface area contributed by atoms with E-state index in [9.17, 15) is 13.2 Å². The van der Waals surface area contributed by atoms with E-state index in [2.05, 4.69) is 6.92 Å². The molecule has 2 aromatic carbocycles. The lowest BCUT2D eigenvalue weighted by atomic mass is 10.1. The number of ether oxygens (including phenoxy) is 2. The molecule has 0 bridgehead atoms. The second-order valence-corrected chi connectivity index (χ2v) is 9.44. The van der Waals surface area contributed by atoms with Crippen molar-refractivity contribution in [1.82, 2.24) is 4.90 Å². The summed E-state index contributed by atoms with van der Waals surface area (Å²) in [5, 5.41) is 0. The third kappa shape index (κ3) is 5.73. The minimum absolute atomic E-state index is 0.00605. The van der Waals surface area contributed by atoms with Gasteiger partial charge in [0.05, 0.1) is 18.6 Å². The number of rotatable bonds is 8. The van der Waals surface area contributed by atoms with Gasteiger partial charge in [-0.25, -0.2) is 8.42 Å². The summed E-state index contributed by atoms with van der Waals surface area (Å²) >= 11 is 0. The molecule has 2 aromatic rings. The number of carbonyl (C=O) groups excluding carboxylic acids is 1. The topological polar surface area (TPSA) is 72.9 Å². The first-order chi connectivity index (χ1) is 13.9. The van der Waals surface area contributed by atoms with Gasteiger partial charge in [0.25, 0.3) is 5.91 Å². The summed E-state index contributed by atoms with van der Waals surface area (Å²) < 4.78 is 34.9. The van der Waals surface area contributed by atoms with Crippen molar-refractivity contribution >= 4 is 15.7 Å². The molecular formula is C22H27NO5S. The standard InChI is InChI=1S/C22H27NO5S/c1-3-17-7-9-20(10-8-17)28-15-22(24)23(19-11-12-29(25,26)16-19)14-18-5-4-6-21(13-18)27-2/h4-10,13,19H,3,11-12,14-16H2,1-2H3. The van der Waals surface area contributed by atoms with E-state index in [1.54, 1.807) is 12.0 Å². The number of methoxy groups -OCH3 is 1. The summed E-state index contributed by atoms with van der Waals surface area (Å²) in [6, 6.07) is 14.7. The first kappa shape index (κ1) is 21.2. The number of hydrogen-bond donors (Lipinski definition) is 0. The first-order valence-electron chi connectivity index (χ1n) is 9.75. The molecule has 0 aliphatic carbocycles. The maximum absolute atomic E-state index is 13.0. The summed E-state index contributed by atoms with van der Waals surface area (Å²) in [7, 11) is -1.53. The monoisotopic (exact) mass is 417 g/mol. The van der Waals surface area contributed by atoms with E-state index in [0.29, 0.717) is 24.5 Å². The van der Waals surface area contributed by atoms with Crippen LogP contribution < -0.4 is 9.47 Å². The number of carbonyl (C=O) groups is 1. The van der Waals surface area contributed by atoms with Crippen molar-refractivity contribution in [3.05, 3.63) is 59.7 Å². The Kier molecular flexibility index (Phi) is 6.79. The maximum Gasteiger partial charge on any atom is 0.261 e. The van der Waals surface area contributed by atoms with Gasteiger partial charge < -0.3 is 14.4 Å². The lowest BCUT2D eigenvalue weighted by Crippen LogP contribution is -2.43. The van der Waals surface area contributed by atoms with E-state index in [1.807, 2.05) is 48.5 Å². The molecule has 156 valence electrons. The second-order valence-electron chi connectivity index (χ2n) is 7.22. The van der Waals surface area contributed by atoms with Crippen molar-refractivity contribution in [1.29, 1.82) is 0 Å². The van der Waals surface area contributed by atoms with Crippen LogP contribution in [0.25, 0.3) is 0 Å². The molecule has 1 fully saturated rings. The molecule has 3 rings (SSSR count). The van der Waals surface area contributed by atoms with Crippen LogP contribution in [0.1, 0.15) is 24.5 Å². The molecule has 1 aliphatic heterocycles. The van der Waals surface area contributed by atoms with Crippen LogP contribution in [0.15, 0.2) is 48.5 Å². The molecule has 1 atom stereocenters. The second kappa shape index (κ2) is 9.31. The van der Waals surface area contributed by atoms with Crippen LogP contribution in [0.2, 0.25) is 0 Å². The zero-order chi connectivity index (χ0) is 20.9. The van der Waals surface area contributed by atoms with Gasteiger partial charge in [-0.1, -0.05) is 31.2 Å². The van der Waals surface area contributed by atoms with E-state index >= 15 is 0 Å². The summed E-state index contributed by atoms with van der Waals surface area (Å²) in [4.78, 5) is 14.6. The van der Waals surface area contributed by atoms with E-state index in [-0.39, 0.29) is 30.1 Å². The van der Waals surface area contributed by atoms with Crippen molar-refractivity contribution in [2.45, 2.75) is 32.4 Å². The lowest BCUT2D eigenvalue weighted by molar-refractivity contribution is -0.136. The van der Waals surface area contributed by atoms with Gasteiger partial charge in [-0.05, 0) is 48.2 Å². The molecule has 0 radical (unpaired) electrons. The van der Waals surface area contributed by atoms with Gasteiger partial charge >= 0.3 is 0 Å². The molecule has 29 heavy (non-hydrogen) atoms. The Morgan fingerprint density at radius 1 is 1.10 bits per heavy atom. The van der Waals surface area contributed by atoms with E-state index in [0.717, 1.165) is 12.0 Å². The maximum atomic E-state index is 13.0. The predicted octanol–water partition coefficient (Wildman–Crippen LogP) is 2.85. The Morgan fingerprint density at radius 2 is 1.86 bits per heavy atom. The Labute approximate surface area is 172 Å². The van der Waals surface area contributed by atoms with Crippen molar-refractivity contribution in [3.63, 3.8) is 0 Å². The Balaban J connectivity index is 1.73. The fourth-order valence-corrected chi connectivity index (χ4v) is 5.19. The minimum Gasteiger partial charge on any atom is -0.497 e. The van der Waals surface area contributed by atoms with Crippen LogP contribution in [0.4, 0.5) is 0 Å². The van der Waals surface area contributed by atoms with Gasteiger partial charge in [-0.2, -0.15) is 0 Å². The Morgan fingerprint density at radius 3 is 2.48 bits per heavy atom.